The quantitative estimate of drug-likeness (QED) is 0.911. The summed E-state index contributed by atoms with van der Waals surface area (Å²) in [6.45, 7) is 11.3. The highest BCUT2D eigenvalue weighted by Gasteiger charge is 2.46. The Morgan fingerprint density at radius 2 is 1.96 bits per heavy atom. The zero-order chi connectivity index (χ0) is 17.7. The lowest BCUT2D eigenvalue weighted by Gasteiger charge is -2.33. The van der Waals surface area contributed by atoms with Crippen molar-refractivity contribution in [3.63, 3.8) is 0 Å². The molecule has 1 amide bonds. The number of aromatic nitrogens is 2. The molecule has 8 heteroatoms. The van der Waals surface area contributed by atoms with Crippen LogP contribution < -0.4 is 0 Å². The first-order valence-electron chi connectivity index (χ1n) is 7.75. The predicted molar refractivity (Wildman–Crippen MR) is 86.1 cm³/mol. The summed E-state index contributed by atoms with van der Waals surface area (Å²) in [5.41, 5.74) is 0.877. The summed E-state index contributed by atoms with van der Waals surface area (Å²) >= 11 is 0. The van der Waals surface area contributed by atoms with Crippen LogP contribution in [0.25, 0.3) is 0 Å². The Morgan fingerprint density at radius 3 is 2.35 bits per heavy atom. The number of fused-ring (bicyclic) bond motifs is 1. The Balaban J connectivity index is 2.73. The van der Waals surface area contributed by atoms with Gasteiger partial charge in [0.15, 0.2) is 0 Å². The van der Waals surface area contributed by atoms with Gasteiger partial charge in [0, 0.05) is 6.04 Å². The normalized spacial score (nSPS) is 18.6. The fraction of sp³-hybridized carbons (Fsp3) is 0.733. The van der Waals surface area contributed by atoms with Crippen LogP contribution >= 0.6 is 0 Å². The van der Waals surface area contributed by atoms with Crippen LogP contribution in [0, 0.1) is 5.41 Å². The lowest BCUT2D eigenvalue weighted by molar-refractivity contribution is 0.0871. The third kappa shape index (κ3) is 2.84. The first-order valence-corrected chi connectivity index (χ1v) is 9.40. The summed E-state index contributed by atoms with van der Waals surface area (Å²) in [5, 5.41) is 9.57. The number of amides is 1. The van der Waals surface area contributed by atoms with Gasteiger partial charge in [-0.05, 0) is 19.3 Å². The van der Waals surface area contributed by atoms with Crippen molar-refractivity contribution >= 4 is 15.9 Å². The molecule has 130 valence electrons. The van der Waals surface area contributed by atoms with Gasteiger partial charge in [0.2, 0.25) is 15.0 Å². The molecule has 0 fully saturated rings. The number of nitrogens with zero attached hydrogens (tertiary/aromatic N) is 3. The van der Waals surface area contributed by atoms with E-state index in [4.69, 9.17) is 0 Å². The van der Waals surface area contributed by atoms with E-state index in [2.05, 4.69) is 4.98 Å². The molecule has 1 aromatic heterocycles. The first kappa shape index (κ1) is 17.8. The van der Waals surface area contributed by atoms with Gasteiger partial charge in [-0.3, -0.25) is 4.90 Å². The molecule has 23 heavy (non-hydrogen) atoms. The Labute approximate surface area is 137 Å². The van der Waals surface area contributed by atoms with Gasteiger partial charge in [0.1, 0.15) is 0 Å². The van der Waals surface area contributed by atoms with Gasteiger partial charge >= 0.3 is 6.09 Å². The highest BCUT2D eigenvalue weighted by atomic mass is 32.2. The summed E-state index contributed by atoms with van der Waals surface area (Å²) in [6.07, 6.45) is -1.02. The van der Waals surface area contributed by atoms with Gasteiger partial charge in [0.05, 0.1) is 29.7 Å². The fourth-order valence-electron chi connectivity index (χ4n) is 3.17. The van der Waals surface area contributed by atoms with Crippen LogP contribution in [0.2, 0.25) is 0 Å². The van der Waals surface area contributed by atoms with Crippen LogP contribution in [0.4, 0.5) is 4.79 Å². The standard InChI is InChI=1S/C15H25N3O4S/c1-7-23(21,22)13-16-11-10(18(13)9(2)3)8-17(14(19)20)12(11)15(4,5)6/h9,12H,7-8H2,1-6H3,(H,19,20). The SMILES string of the molecule is CCS(=O)(=O)c1nc2c(n1C(C)C)CN(C(=O)O)C2C(C)(C)C. The van der Waals surface area contributed by atoms with E-state index in [9.17, 15) is 18.3 Å². The summed E-state index contributed by atoms with van der Waals surface area (Å²) < 4.78 is 26.5. The lowest BCUT2D eigenvalue weighted by Crippen LogP contribution is -2.36. The molecular formula is C15H25N3O4S. The van der Waals surface area contributed by atoms with Crippen molar-refractivity contribution < 1.29 is 18.3 Å². The number of sulfone groups is 1. The molecule has 1 atom stereocenters. The van der Waals surface area contributed by atoms with E-state index in [1.54, 1.807) is 11.5 Å². The number of carboxylic acid groups (broad SMARTS) is 1. The predicted octanol–water partition coefficient (Wildman–Crippen LogP) is 2.84. The second kappa shape index (κ2) is 5.51. The molecule has 1 unspecified atom stereocenters. The smallest absolute Gasteiger partial charge is 0.408 e. The number of carbonyl (C=O) groups is 1. The summed E-state index contributed by atoms with van der Waals surface area (Å²) in [6, 6.07) is -0.572. The van der Waals surface area contributed by atoms with Gasteiger partial charge in [-0.2, -0.15) is 0 Å². The van der Waals surface area contributed by atoms with Gasteiger partial charge in [0.25, 0.3) is 0 Å². The van der Waals surface area contributed by atoms with Crippen LogP contribution in [0.1, 0.15) is 65.0 Å². The number of rotatable bonds is 3. The second-order valence-electron chi connectivity index (χ2n) is 7.27. The van der Waals surface area contributed by atoms with Crippen molar-refractivity contribution in [1.82, 2.24) is 14.5 Å². The van der Waals surface area contributed by atoms with Crippen molar-refractivity contribution in [3.05, 3.63) is 11.4 Å². The van der Waals surface area contributed by atoms with Crippen LogP contribution in [0.5, 0.6) is 0 Å². The third-order valence-corrected chi connectivity index (χ3v) is 5.74. The van der Waals surface area contributed by atoms with Gasteiger partial charge in [-0.1, -0.05) is 27.7 Å². The molecule has 1 aliphatic rings. The molecule has 0 aromatic carbocycles. The molecule has 2 heterocycles. The molecule has 0 aliphatic carbocycles. The molecule has 0 spiro atoms. The lowest BCUT2D eigenvalue weighted by atomic mass is 9.85. The molecule has 2 rings (SSSR count). The third-order valence-electron chi connectivity index (χ3n) is 4.14. The largest absolute Gasteiger partial charge is 0.465 e. The van der Waals surface area contributed by atoms with Gasteiger partial charge in [-0.15, -0.1) is 0 Å². The van der Waals surface area contributed by atoms with Crippen molar-refractivity contribution in [2.45, 2.75) is 65.3 Å². The fourth-order valence-corrected chi connectivity index (χ4v) is 4.29. The minimum atomic E-state index is -3.47. The van der Waals surface area contributed by atoms with E-state index < -0.39 is 22.0 Å². The molecule has 0 bridgehead atoms. The molecule has 0 saturated carbocycles. The molecule has 7 nitrogen and oxygen atoms in total. The monoisotopic (exact) mass is 343 g/mol. The van der Waals surface area contributed by atoms with E-state index in [1.165, 1.54) is 4.90 Å². The maximum atomic E-state index is 12.4. The van der Waals surface area contributed by atoms with Gasteiger partial charge < -0.3 is 9.67 Å². The Kier molecular flexibility index (Phi) is 4.26. The van der Waals surface area contributed by atoms with Crippen molar-refractivity contribution in [2.75, 3.05) is 5.75 Å². The van der Waals surface area contributed by atoms with Crippen molar-refractivity contribution in [1.29, 1.82) is 0 Å². The van der Waals surface area contributed by atoms with Crippen LogP contribution in [0.3, 0.4) is 0 Å². The Bertz CT molecular complexity index is 729. The average molecular weight is 343 g/mol. The summed E-state index contributed by atoms with van der Waals surface area (Å²) in [7, 11) is -3.47. The zero-order valence-electron chi connectivity index (χ0n) is 14.5. The minimum Gasteiger partial charge on any atom is -0.465 e. The zero-order valence-corrected chi connectivity index (χ0v) is 15.3. The number of imidazole rings is 1. The highest BCUT2D eigenvalue weighted by Crippen LogP contribution is 2.46. The molecular weight excluding hydrogens is 318 g/mol. The van der Waals surface area contributed by atoms with Crippen LogP contribution in [0.15, 0.2) is 5.16 Å². The molecule has 0 saturated heterocycles. The minimum absolute atomic E-state index is 0.0293. The molecule has 1 aromatic rings. The molecule has 0 radical (unpaired) electrons. The molecule has 1 N–H and O–H groups in total. The maximum absolute atomic E-state index is 12.4. The second-order valence-corrected chi connectivity index (χ2v) is 9.44. The topological polar surface area (TPSA) is 92.5 Å². The first-order chi connectivity index (χ1) is 10.4. The van der Waals surface area contributed by atoms with E-state index in [0.29, 0.717) is 11.4 Å². The summed E-state index contributed by atoms with van der Waals surface area (Å²) in [4.78, 5) is 17.4. The van der Waals surface area contributed by atoms with Crippen LogP contribution in [-0.4, -0.2) is 39.8 Å². The maximum Gasteiger partial charge on any atom is 0.408 e. The van der Waals surface area contributed by atoms with Gasteiger partial charge in [-0.25, -0.2) is 18.2 Å². The Hall–Kier alpha value is -1.57. The van der Waals surface area contributed by atoms with E-state index >= 15 is 0 Å². The number of hydrogen-bond acceptors (Lipinski definition) is 4. The van der Waals surface area contributed by atoms with E-state index in [1.807, 2.05) is 34.6 Å². The summed E-state index contributed by atoms with van der Waals surface area (Å²) in [5.74, 6) is -0.0293. The van der Waals surface area contributed by atoms with Crippen molar-refractivity contribution in [2.24, 2.45) is 5.41 Å². The Morgan fingerprint density at radius 1 is 1.39 bits per heavy atom. The van der Waals surface area contributed by atoms with E-state index in [0.717, 1.165) is 0 Å². The highest BCUT2D eigenvalue weighted by molar-refractivity contribution is 7.91. The van der Waals surface area contributed by atoms with E-state index in [-0.39, 0.29) is 28.9 Å². The average Bonchev–Trinajstić information content (AvgIpc) is 2.92. The number of hydrogen-bond donors (Lipinski definition) is 1. The van der Waals surface area contributed by atoms with Crippen molar-refractivity contribution in [3.8, 4) is 0 Å². The van der Waals surface area contributed by atoms with Crippen LogP contribution in [-0.2, 0) is 16.4 Å². The molecule has 1 aliphatic heterocycles.